The summed E-state index contributed by atoms with van der Waals surface area (Å²) in [5, 5.41) is 5.06. The molecule has 132 valence electrons. The molecule has 4 N–H and O–H groups in total. The van der Waals surface area contributed by atoms with E-state index in [2.05, 4.69) is 41.8 Å². The van der Waals surface area contributed by atoms with E-state index in [4.69, 9.17) is 0 Å². The van der Waals surface area contributed by atoms with Gasteiger partial charge in [-0.2, -0.15) is 0 Å². The average molecular weight is 339 g/mol. The van der Waals surface area contributed by atoms with Gasteiger partial charge in [-0.25, -0.2) is 0 Å². The van der Waals surface area contributed by atoms with Crippen molar-refractivity contribution in [2.45, 2.75) is 32.4 Å². The fourth-order valence-corrected chi connectivity index (χ4v) is 3.43. The molecule has 0 radical (unpaired) electrons. The first-order chi connectivity index (χ1) is 12.2. The number of anilines is 1. The maximum Gasteiger partial charge on any atom is 0.279 e. The minimum absolute atomic E-state index is 0.0423. The summed E-state index contributed by atoms with van der Waals surface area (Å²) in [6, 6.07) is 18.9. The molecule has 1 amide bonds. The summed E-state index contributed by atoms with van der Waals surface area (Å²) >= 11 is 0. The third kappa shape index (κ3) is 5.41. The van der Waals surface area contributed by atoms with Gasteiger partial charge in [0.1, 0.15) is 12.6 Å². The molecule has 1 aliphatic rings. The maximum atomic E-state index is 12.2. The summed E-state index contributed by atoms with van der Waals surface area (Å²) in [5.74, 6) is 0.0423. The quantitative estimate of drug-likeness (QED) is 0.696. The van der Waals surface area contributed by atoms with Crippen molar-refractivity contribution in [2.75, 3.05) is 25.0 Å². The van der Waals surface area contributed by atoms with Gasteiger partial charge in [0.2, 0.25) is 0 Å². The Labute approximate surface area is 150 Å². The molecule has 0 aliphatic carbocycles. The lowest BCUT2D eigenvalue weighted by molar-refractivity contribution is -0.901. The fourth-order valence-electron chi connectivity index (χ4n) is 3.43. The number of quaternary nitrogens is 2. The molecule has 0 bridgehead atoms. The standard InChI is InChI=1S/C21H27N3O/c1-17(19-7-3-2-4-8-19)22-15-21(25)23-20-11-9-18(10-12-20)16-24-13-5-6-14-24/h2-4,7-12,17,22H,5-6,13-16H2,1H3,(H,23,25)/p+2/t17-/m1/s1. The lowest BCUT2D eigenvalue weighted by Crippen LogP contribution is -3.08. The summed E-state index contributed by atoms with van der Waals surface area (Å²) in [6.45, 7) is 6.21. The zero-order valence-corrected chi connectivity index (χ0v) is 15.0. The summed E-state index contributed by atoms with van der Waals surface area (Å²) < 4.78 is 0. The molecule has 3 rings (SSSR count). The van der Waals surface area contributed by atoms with Crippen molar-refractivity contribution in [1.82, 2.24) is 0 Å². The summed E-state index contributed by atoms with van der Waals surface area (Å²) in [6.07, 6.45) is 2.70. The number of benzene rings is 2. The summed E-state index contributed by atoms with van der Waals surface area (Å²) in [4.78, 5) is 13.8. The van der Waals surface area contributed by atoms with E-state index in [0.717, 1.165) is 12.2 Å². The van der Waals surface area contributed by atoms with Gasteiger partial charge >= 0.3 is 0 Å². The highest BCUT2D eigenvalue weighted by Crippen LogP contribution is 2.09. The number of nitrogens with two attached hydrogens (primary N) is 1. The molecule has 1 saturated heterocycles. The second kappa shape index (κ2) is 8.79. The highest BCUT2D eigenvalue weighted by Gasteiger charge is 2.15. The zero-order chi connectivity index (χ0) is 17.5. The molecular formula is C21H29N3O+2. The van der Waals surface area contributed by atoms with Crippen LogP contribution in [0.3, 0.4) is 0 Å². The number of likely N-dealkylation sites (tertiary alicyclic amines) is 1. The van der Waals surface area contributed by atoms with E-state index in [-0.39, 0.29) is 11.9 Å². The Bertz CT molecular complexity index is 663. The second-order valence-corrected chi connectivity index (χ2v) is 7.02. The van der Waals surface area contributed by atoms with Crippen LogP contribution in [0.15, 0.2) is 54.6 Å². The van der Waals surface area contributed by atoms with E-state index < -0.39 is 0 Å². The Hall–Kier alpha value is -2.17. The van der Waals surface area contributed by atoms with Gasteiger partial charge in [0, 0.05) is 29.7 Å². The monoisotopic (exact) mass is 339 g/mol. The van der Waals surface area contributed by atoms with E-state index in [1.54, 1.807) is 4.90 Å². The van der Waals surface area contributed by atoms with Crippen molar-refractivity contribution < 1.29 is 15.0 Å². The molecule has 4 heteroatoms. The largest absolute Gasteiger partial charge is 0.333 e. The van der Waals surface area contributed by atoms with E-state index in [1.165, 1.54) is 37.1 Å². The van der Waals surface area contributed by atoms with Crippen LogP contribution in [-0.4, -0.2) is 25.5 Å². The Morgan fingerprint density at radius 1 is 1.08 bits per heavy atom. The second-order valence-electron chi connectivity index (χ2n) is 7.02. The van der Waals surface area contributed by atoms with E-state index in [9.17, 15) is 4.79 Å². The van der Waals surface area contributed by atoms with Crippen molar-refractivity contribution in [3.05, 3.63) is 65.7 Å². The number of carbonyl (C=O) groups excluding carboxylic acids is 1. The number of nitrogens with one attached hydrogen (secondary N) is 2. The SMILES string of the molecule is C[C@@H]([NH2+]CC(=O)Nc1ccc(C[NH+]2CCCC2)cc1)c1ccccc1. The van der Waals surface area contributed by atoms with Gasteiger partial charge in [-0.3, -0.25) is 4.79 Å². The predicted octanol–water partition coefficient (Wildman–Crippen LogP) is 1.13. The topological polar surface area (TPSA) is 50.1 Å². The normalized spacial score (nSPS) is 15.9. The molecule has 1 atom stereocenters. The van der Waals surface area contributed by atoms with Gasteiger partial charge in [-0.15, -0.1) is 0 Å². The predicted molar refractivity (Wildman–Crippen MR) is 100 cm³/mol. The zero-order valence-electron chi connectivity index (χ0n) is 15.0. The number of amides is 1. The van der Waals surface area contributed by atoms with Crippen molar-refractivity contribution in [3.63, 3.8) is 0 Å². The van der Waals surface area contributed by atoms with Crippen LogP contribution < -0.4 is 15.5 Å². The smallest absolute Gasteiger partial charge is 0.279 e. The molecule has 1 heterocycles. The Morgan fingerprint density at radius 3 is 2.44 bits per heavy atom. The van der Waals surface area contributed by atoms with Gasteiger partial charge in [-0.05, 0) is 19.1 Å². The Kier molecular flexibility index (Phi) is 6.20. The van der Waals surface area contributed by atoms with Crippen LogP contribution in [0.1, 0.15) is 36.9 Å². The van der Waals surface area contributed by atoms with Gasteiger partial charge in [0.25, 0.3) is 5.91 Å². The van der Waals surface area contributed by atoms with Crippen LogP contribution in [0.2, 0.25) is 0 Å². The van der Waals surface area contributed by atoms with Crippen LogP contribution in [0.5, 0.6) is 0 Å². The molecule has 4 nitrogen and oxygen atoms in total. The maximum absolute atomic E-state index is 12.2. The highest BCUT2D eigenvalue weighted by molar-refractivity contribution is 5.91. The molecule has 2 aromatic carbocycles. The first kappa shape index (κ1) is 17.6. The van der Waals surface area contributed by atoms with Crippen LogP contribution in [0.4, 0.5) is 5.69 Å². The lowest BCUT2D eigenvalue weighted by Gasteiger charge is -2.13. The van der Waals surface area contributed by atoms with Crippen molar-refractivity contribution >= 4 is 11.6 Å². The molecule has 1 aliphatic heterocycles. The minimum atomic E-state index is 0.0423. The third-order valence-electron chi connectivity index (χ3n) is 4.98. The number of hydrogen-bond acceptors (Lipinski definition) is 1. The number of rotatable bonds is 7. The Balaban J connectivity index is 1.44. The molecule has 0 aromatic heterocycles. The van der Waals surface area contributed by atoms with Crippen LogP contribution in [-0.2, 0) is 11.3 Å². The molecule has 0 saturated carbocycles. The van der Waals surface area contributed by atoms with E-state index in [1.807, 2.05) is 30.3 Å². The van der Waals surface area contributed by atoms with Crippen LogP contribution in [0, 0.1) is 0 Å². The molecule has 2 aromatic rings. The average Bonchev–Trinajstić information content (AvgIpc) is 3.15. The first-order valence-corrected chi connectivity index (χ1v) is 9.31. The fraction of sp³-hybridized carbons (Fsp3) is 0.381. The van der Waals surface area contributed by atoms with Crippen molar-refractivity contribution in [1.29, 1.82) is 0 Å². The Morgan fingerprint density at radius 2 is 1.76 bits per heavy atom. The first-order valence-electron chi connectivity index (χ1n) is 9.31. The lowest BCUT2D eigenvalue weighted by atomic mass is 10.1. The van der Waals surface area contributed by atoms with Crippen molar-refractivity contribution in [3.8, 4) is 0 Å². The highest BCUT2D eigenvalue weighted by atomic mass is 16.1. The summed E-state index contributed by atoms with van der Waals surface area (Å²) in [7, 11) is 0. The van der Waals surface area contributed by atoms with Gasteiger partial charge < -0.3 is 15.5 Å². The number of carbonyl (C=O) groups is 1. The number of hydrogen-bond donors (Lipinski definition) is 3. The van der Waals surface area contributed by atoms with E-state index in [0.29, 0.717) is 6.54 Å². The molecular weight excluding hydrogens is 310 g/mol. The molecule has 25 heavy (non-hydrogen) atoms. The third-order valence-corrected chi connectivity index (χ3v) is 4.98. The molecule has 1 fully saturated rings. The van der Waals surface area contributed by atoms with Gasteiger partial charge in [0.15, 0.2) is 6.54 Å². The molecule has 0 spiro atoms. The van der Waals surface area contributed by atoms with E-state index >= 15 is 0 Å². The van der Waals surface area contributed by atoms with Gasteiger partial charge in [-0.1, -0.05) is 42.5 Å². The summed E-state index contributed by atoms with van der Waals surface area (Å²) in [5.41, 5.74) is 3.47. The van der Waals surface area contributed by atoms with Crippen LogP contribution >= 0.6 is 0 Å². The van der Waals surface area contributed by atoms with Crippen LogP contribution in [0.25, 0.3) is 0 Å². The minimum Gasteiger partial charge on any atom is -0.333 e. The van der Waals surface area contributed by atoms with Crippen molar-refractivity contribution in [2.24, 2.45) is 0 Å². The van der Waals surface area contributed by atoms with Gasteiger partial charge in [0.05, 0.1) is 13.1 Å². The molecule has 0 unspecified atom stereocenters.